The third-order valence-corrected chi connectivity index (χ3v) is 6.07. The summed E-state index contributed by atoms with van der Waals surface area (Å²) in [6.07, 6.45) is -5.12. The highest BCUT2D eigenvalue weighted by Gasteiger charge is 2.42. The summed E-state index contributed by atoms with van der Waals surface area (Å²) in [5, 5.41) is 12.9. The normalized spacial score (nSPS) is 12.6. The first-order chi connectivity index (χ1) is 17.3. The molecule has 0 amide bonds. The van der Waals surface area contributed by atoms with E-state index >= 15 is 0 Å². The first-order valence-electron chi connectivity index (χ1n) is 11.3. The Hall–Kier alpha value is -2.93. The zero-order chi connectivity index (χ0) is 26.0. The highest BCUT2D eigenvalue weighted by Crippen LogP contribution is 2.33. The second kappa shape index (κ2) is 13.4. The number of esters is 1. The van der Waals surface area contributed by atoms with Crippen molar-refractivity contribution >= 4 is 27.5 Å². The molecule has 36 heavy (non-hydrogen) atoms. The van der Waals surface area contributed by atoms with Crippen LogP contribution in [0.5, 0.6) is 5.75 Å². The minimum absolute atomic E-state index is 0.0787. The molecule has 0 spiro atoms. The topological polar surface area (TPSA) is 110 Å². The molecule has 0 bridgehead atoms. The molecule has 3 N–H and O–H groups in total. The molecule has 0 saturated carbocycles. The second-order valence-electron chi connectivity index (χ2n) is 7.80. The van der Waals surface area contributed by atoms with E-state index < -0.39 is 23.1 Å². The van der Waals surface area contributed by atoms with E-state index in [0.29, 0.717) is 50.7 Å². The first kappa shape index (κ1) is 27.7. The zero-order valence-electron chi connectivity index (χ0n) is 19.3. The maximum atomic E-state index is 12.8. The van der Waals surface area contributed by atoms with Crippen LogP contribution in [0.3, 0.4) is 0 Å². The Morgan fingerprint density at radius 2 is 1.78 bits per heavy atom. The van der Waals surface area contributed by atoms with Gasteiger partial charge in [0, 0.05) is 18.7 Å². The SMILES string of the molecule is O=C(O[C@@H](CNCCCOCCOCCc1ccccc1)c1ccc(O)c2[nH]c(=O)sc12)C(F)(F)F. The van der Waals surface area contributed by atoms with E-state index in [2.05, 4.69) is 10.3 Å². The molecule has 0 aliphatic rings. The minimum Gasteiger partial charge on any atom is -0.506 e. The predicted octanol–water partition coefficient (Wildman–Crippen LogP) is 3.70. The Bertz CT molecular complexity index is 1170. The third-order valence-electron chi connectivity index (χ3n) is 5.14. The van der Waals surface area contributed by atoms with E-state index in [9.17, 15) is 27.9 Å². The summed E-state index contributed by atoms with van der Waals surface area (Å²) in [5.74, 6) is -2.57. The summed E-state index contributed by atoms with van der Waals surface area (Å²) in [6.45, 7) is 2.12. The third kappa shape index (κ3) is 8.33. The number of fused-ring (bicyclic) bond motifs is 1. The monoisotopic (exact) mass is 528 g/mol. The number of phenols is 1. The molecule has 0 unspecified atom stereocenters. The number of rotatable bonds is 14. The molecular weight excluding hydrogens is 501 g/mol. The van der Waals surface area contributed by atoms with Gasteiger partial charge in [-0.3, -0.25) is 4.79 Å². The number of thiazole rings is 1. The van der Waals surface area contributed by atoms with Gasteiger partial charge >= 0.3 is 17.0 Å². The van der Waals surface area contributed by atoms with Crippen molar-refractivity contribution in [3.63, 3.8) is 0 Å². The van der Waals surface area contributed by atoms with Crippen LogP contribution in [0.25, 0.3) is 10.2 Å². The summed E-state index contributed by atoms with van der Waals surface area (Å²) in [5.41, 5.74) is 1.46. The smallest absolute Gasteiger partial charge is 0.490 e. The Labute approximate surface area is 209 Å². The number of aromatic amines is 1. The van der Waals surface area contributed by atoms with Gasteiger partial charge in [-0.15, -0.1) is 0 Å². The van der Waals surface area contributed by atoms with Crippen LogP contribution in [-0.2, 0) is 25.4 Å². The Kier molecular flexibility index (Phi) is 10.3. The number of phenolic OH excluding ortho intramolecular Hbond substituents is 1. The number of nitrogens with one attached hydrogen (secondary N) is 2. The fraction of sp³-hybridized carbons (Fsp3) is 0.417. The molecule has 0 fully saturated rings. The number of carbonyl (C=O) groups excluding carboxylic acids is 1. The Balaban J connectivity index is 1.42. The van der Waals surface area contributed by atoms with Gasteiger partial charge in [0.2, 0.25) is 0 Å². The van der Waals surface area contributed by atoms with E-state index in [4.69, 9.17) is 14.2 Å². The number of halogens is 3. The molecule has 0 aliphatic carbocycles. The lowest BCUT2D eigenvalue weighted by molar-refractivity contribution is -0.205. The summed E-state index contributed by atoms with van der Waals surface area (Å²) in [6, 6.07) is 12.5. The van der Waals surface area contributed by atoms with Crippen LogP contribution in [0, 0.1) is 0 Å². The maximum absolute atomic E-state index is 12.8. The summed E-state index contributed by atoms with van der Waals surface area (Å²) in [4.78, 5) is 25.2. The fourth-order valence-corrected chi connectivity index (χ4v) is 4.31. The number of ether oxygens (including phenoxy) is 3. The van der Waals surface area contributed by atoms with E-state index in [-0.39, 0.29) is 28.1 Å². The van der Waals surface area contributed by atoms with E-state index in [1.165, 1.54) is 17.7 Å². The van der Waals surface area contributed by atoms with Crippen LogP contribution in [-0.4, -0.2) is 61.8 Å². The van der Waals surface area contributed by atoms with Crippen LogP contribution in [0.15, 0.2) is 47.3 Å². The van der Waals surface area contributed by atoms with Crippen molar-refractivity contribution in [1.29, 1.82) is 0 Å². The number of aromatic nitrogens is 1. The second-order valence-corrected chi connectivity index (χ2v) is 8.79. The standard InChI is InChI=1S/C24H27F3N2O6S/c25-24(26,27)22(31)35-19(17-7-8-18(30)20-21(17)36-23(32)29-20)15-28-10-4-11-33-13-14-34-12-9-16-5-2-1-3-6-16/h1-3,5-8,19,28,30H,4,9-15H2,(H,29,32)/t19-/m0/s1. The predicted molar refractivity (Wildman–Crippen MR) is 128 cm³/mol. The van der Waals surface area contributed by atoms with Gasteiger partial charge in [-0.25, -0.2) is 4.79 Å². The molecule has 3 rings (SSSR count). The molecule has 2 aromatic carbocycles. The van der Waals surface area contributed by atoms with E-state index in [0.717, 1.165) is 6.42 Å². The highest BCUT2D eigenvalue weighted by atomic mass is 32.1. The number of benzene rings is 2. The Morgan fingerprint density at radius 1 is 1.06 bits per heavy atom. The summed E-state index contributed by atoms with van der Waals surface area (Å²) < 4.78 is 54.4. The number of alkyl halides is 3. The molecule has 12 heteroatoms. The van der Waals surface area contributed by atoms with Gasteiger partial charge in [0.05, 0.1) is 24.5 Å². The maximum Gasteiger partial charge on any atom is 0.490 e. The largest absolute Gasteiger partial charge is 0.506 e. The molecule has 0 aliphatic heterocycles. The molecule has 8 nitrogen and oxygen atoms in total. The average molecular weight is 529 g/mol. The van der Waals surface area contributed by atoms with E-state index in [1.807, 2.05) is 30.3 Å². The van der Waals surface area contributed by atoms with Crippen molar-refractivity contribution in [2.24, 2.45) is 0 Å². The number of carbonyl (C=O) groups is 1. The number of H-pyrrole nitrogens is 1. The van der Waals surface area contributed by atoms with Gasteiger partial charge in [-0.2, -0.15) is 13.2 Å². The lowest BCUT2D eigenvalue weighted by Crippen LogP contribution is -2.32. The lowest BCUT2D eigenvalue weighted by Gasteiger charge is -2.20. The van der Waals surface area contributed by atoms with Crippen LogP contribution < -0.4 is 10.2 Å². The highest BCUT2D eigenvalue weighted by molar-refractivity contribution is 7.16. The van der Waals surface area contributed by atoms with Gasteiger partial charge in [-0.1, -0.05) is 47.7 Å². The van der Waals surface area contributed by atoms with Crippen molar-refractivity contribution in [2.45, 2.75) is 25.1 Å². The summed E-state index contributed by atoms with van der Waals surface area (Å²) in [7, 11) is 0. The molecular formula is C24H27F3N2O6S. The van der Waals surface area contributed by atoms with Gasteiger partial charge in [0.25, 0.3) is 0 Å². The molecule has 1 heterocycles. The van der Waals surface area contributed by atoms with Crippen molar-refractivity contribution in [2.75, 3.05) is 39.5 Å². The molecule has 0 saturated heterocycles. The van der Waals surface area contributed by atoms with Gasteiger partial charge in [0.15, 0.2) is 0 Å². The number of aromatic hydroxyl groups is 1. The quantitative estimate of drug-likeness (QED) is 0.216. The van der Waals surface area contributed by atoms with Crippen molar-refractivity contribution in [1.82, 2.24) is 10.3 Å². The molecule has 1 aromatic heterocycles. The van der Waals surface area contributed by atoms with Gasteiger partial charge in [-0.05, 0) is 31.0 Å². The fourth-order valence-electron chi connectivity index (χ4n) is 3.39. The van der Waals surface area contributed by atoms with Crippen LogP contribution >= 0.6 is 11.3 Å². The molecule has 0 radical (unpaired) electrons. The van der Waals surface area contributed by atoms with Crippen LogP contribution in [0.1, 0.15) is 23.7 Å². The number of hydrogen-bond donors (Lipinski definition) is 3. The van der Waals surface area contributed by atoms with Gasteiger partial charge in [0.1, 0.15) is 17.4 Å². The van der Waals surface area contributed by atoms with Gasteiger partial charge < -0.3 is 29.6 Å². The molecule has 196 valence electrons. The van der Waals surface area contributed by atoms with Crippen LogP contribution in [0.2, 0.25) is 0 Å². The van der Waals surface area contributed by atoms with Crippen LogP contribution in [0.4, 0.5) is 13.2 Å². The zero-order valence-corrected chi connectivity index (χ0v) is 20.1. The summed E-state index contributed by atoms with van der Waals surface area (Å²) >= 11 is 0.710. The molecule has 1 atom stereocenters. The Morgan fingerprint density at radius 3 is 2.50 bits per heavy atom. The lowest BCUT2D eigenvalue weighted by atomic mass is 10.1. The number of hydrogen-bond acceptors (Lipinski definition) is 8. The minimum atomic E-state index is -5.17. The average Bonchev–Trinajstić information content (AvgIpc) is 3.24. The first-order valence-corrected chi connectivity index (χ1v) is 12.1. The van der Waals surface area contributed by atoms with Crippen molar-refractivity contribution in [3.8, 4) is 5.75 Å². The van der Waals surface area contributed by atoms with Crippen molar-refractivity contribution < 1.29 is 37.3 Å². The van der Waals surface area contributed by atoms with E-state index in [1.54, 1.807) is 0 Å². The molecule has 3 aromatic rings. The van der Waals surface area contributed by atoms with Crippen molar-refractivity contribution in [3.05, 3.63) is 63.3 Å².